The van der Waals surface area contributed by atoms with Gasteiger partial charge in [0, 0.05) is 24.0 Å². The van der Waals surface area contributed by atoms with E-state index in [9.17, 15) is 4.79 Å². The van der Waals surface area contributed by atoms with Crippen LogP contribution in [-0.2, 0) is 11.3 Å². The molecule has 0 aliphatic rings. The zero-order valence-corrected chi connectivity index (χ0v) is 14.3. The Balaban J connectivity index is 1.62. The van der Waals surface area contributed by atoms with Crippen molar-refractivity contribution in [3.05, 3.63) is 83.9 Å². The number of hydrogen-bond acceptors (Lipinski definition) is 3. The van der Waals surface area contributed by atoms with Crippen LogP contribution in [0, 0.1) is 0 Å². The Hall–Kier alpha value is -2.79. The highest BCUT2D eigenvalue weighted by Gasteiger charge is 2.15. The standard InChI is InChI=1S/C19H18ClN3O2/c20-16-6-8-17(9-7-16)25-13-19(24)22-18(12-23-11-10-21-14-23)15-4-2-1-3-5-15/h1-11,14,18H,12-13H2,(H,22,24)/t18-/m1/s1. The highest BCUT2D eigenvalue weighted by Crippen LogP contribution is 2.17. The minimum atomic E-state index is -0.191. The number of carbonyl (C=O) groups is 1. The van der Waals surface area contributed by atoms with Gasteiger partial charge in [-0.1, -0.05) is 41.9 Å². The number of ether oxygens (including phenoxy) is 1. The van der Waals surface area contributed by atoms with Crippen molar-refractivity contribution >= 4 is 17.5 Å². The predicted molar refractivity (Wildman–Crippen MR) is 96.5 cm³/mol. The summed E-state index contributed by atoms with van der Waals surface area (Å²) in [7, 11) is 0. The lowest BCUT2D eigenvalue weighted by molar-refractivity contribution is -0.124. The van der Waals surface area contributed by atoms with Gasteiger partial charge in [-0.25, -0.2) is 4.98 Å². The number of aromatic nitrogens is 2. The summed E-state index contributed by atoms with van der Waals surface area (Å²) in [5.41, 5.74) is 1.02. The fourth-order valence-corrected chi connectivity index (χ4v) is 2.57. The van der Waals surface area contributed by atoms with Crippen molar-refractivity contribution in [2.24, 2.45) is 0 Å². The van der Waals surface area contributed by atoms with Crippen LogP contribution in [0.15, 0.2) is 73.3 Å². The zero-order valence-electron chi connectivity index (χ0n) is 13.5. The largest absolute Gasteiger partial charge is 0.484 e. The molecule has 1 heterocycles. The molecule has 0 bridgehead atoms. The Bertz CT molecular complexity index is 789. The van der Waals surface area contributed by atoms with Gasteiger partial charge in [0.15, 0.2) is 6.61 Å². The highest BCUT2D eigenvalue weighted by molar-refractivity contribution is 6.30. The summed E-state index contributed by atoms with van der Waals surface area (Å²) in [6, 6.07) is 16.6. The maximum absolute atomic E-state index is 12.3. The molecule has 0 radical (unpaired) electrons. The molecular formula is C19H18ClN3O2. The summed E-state index contributed by atoms with van der Waals surface area (Å²) in [6.45, 7) is 0.533. The van der Waals surface area contributed by atoms with Crippen LogP contribution in [0.25, 0.3) is 0 Å². The van der Waals surface area contributed by atoms with Crippen LogP contribution in [0.2, 0.25) is 5.02 Å². The second-order valence-electron chi connectivity index (χ2n) is 5.53. The monoisotopic (exact) mass is 355 g/mol. The van der Waals surface area contributed by atoms with E-state index in [-0.39, 0.29) is 18.6 Å². The molecule has 0 aliphatic carbocycles. The second-order valence-corrected chi connectivity index (χ2v) is 5.97. The molecule has 0 fully saturated rings. The number of carbonyl (C=O) groups excluding carboxylic acids is 1. The first-order chi connectivity index (χ1) is 12.2. The number of halogens is 1. The van der Waals surface area contributed by atoms with Crippen LogP contribution in [-0.4, -0.2) is 22.1 Å². The lowest BCUT2D eigenvalue weighted by atomic mass is 10.1. The molecule has 1 N–H and O–H groups in total. The van der Waals surface area contributed by atoms with Gasteiger partial charge in [-0.2, -0.15) is 0 Å². The minimum absolute atomic E-state index is 0.0606. The van der Waals surface area contributed by atoms with Gasteiger partial charge >= 0.3 is 0 Å². The lowest BCUT2D eigenvalue weighted by Gasteiger charge is -2.20. The van der Waals surface area contributed by atoms with E-state index in [4.69, 9.17) is 16.3 Å². The number of benzene rings is 2. The van der Waals surface area contributed by atoms with E-state index in [1.807, 2.05) is 41.1 Å². The zero-order chi connectivity index (χ0) is 17.5. The quantitative estimate of drug-likeness (QED) is 0.706. The molecule has 0 unspecified atom stereocenters. The van der Waals surface area contributed by atoms with E-state index < -0.39 is 0 Å². The van der Waals surface area contributed by atoms with Crippen LogP contribution >= 0.6 is 11.6 Å². The minimum Gasteiger partial charge on any atom is -0.484 e. The van der Waals surface area contributed by atoms with Crippen LogP contribution < -0.4 is 10.1 Å². The van der Waals surface area contributed by atoms with Gasteiger partial charge in [0.05, 0.1) is 12.4 Å². The molecule has 0 aliphatic heterocycles. The molecular weight excluding hydrogens is 338 g/mol. The molecule has 3 aromatic rings. The van der Waals surface area contributed by atoms with Crippen molar-refractivity contribution in [3.63, 3.8) is 0 Å². The van der Waals surface area contributed by atoms with Crippen molar-refractivity contribution in [1.82, 2.24) is 14.9 Å². The average molecular weight is 356 g/mol. The third-order valence-corrected chi connectivity index (χ3v) is 3.93. The van der Waals surface area contributed by atoms with Gasteiger partial charge in [-0.15, -0.1) is 0 Å². The Labute approximate surface area is 151 Å². The van der Waals surface area contributed by atoms with Crippen LogP contribution in [0.3, 0.4) is 0 Å². The number of amides is 1. The smallest absolute Gasteiger partial charge is 0.258 e. The van der Waals surface area contributed by atoms with Gasteiger partial charge < -0.3 is 14.6 Å². The molecule has 5 nitrogen and oxygen atoms in total. The van der Waals surface area contributed by atoms with Crippen LogP contribution in [0.5, 0.6) is 5.75 Å². The van der Waals surface area contributed by atoms with Crippen molar-refractivity contribution < 1.29 is 9.53 Å². The predicted octanol–water partition coefficient (Wildman–Crippen LogP) is 3.47. The average Bonchev–Trinajstić information content (AvgIpc) is 3.15. The Morgan fingerprint density at radius 1 is 1.16 bits per heavy atom. The number of hydrogen-bond donors (Lipinski definition) is 1. The first-order valence-corrected chi connectivity index (χ1v) is 8.27. The van der Waals surface area contributed by atoms with E-state index in [0.29, 0.717) is 17.3 Å². The van der Waals surface area contributed by atoms with Gasteiger partial charge in [0.1, 0.15) is 5.75 Å². The lowest BCUT2D eigenvalue weighted by Crippen LogP contribution is -2.34. The van der Waals surface area contributed by atoms with Crippen molar-refractivity contribution in [3.8, 4) is 5.75 Å². The third-order valence-electron chi connectivity index (χ3n) is 3.67. The molecule has 25 heavy (non-hydrogen) atoms. The molecule has 1 atom stereocenters. The van der Waals surface area contributed by atoms with E-state index in [1.165, 1.54) is 0 Å². The summed E-state index contributed by atoms with van der Waals surface area (Å²) in [5, 5.41) is 3.64. The SMILES string of the molecule is O=C(COc1ccc(Cl)cc1)N[C@H](Cn1ccnc1)c1ccccc1. The summed E-state index contributed by atoms with van der Waals surface area (Å²) < 4.78 is 7.43. The van der Waals surface area contributed by atoms with E-state index in [1.54, 1.807) is 36.8 Å². The molecule has 1 amide bonds. The van der Waals surface area contributed by atoms with Gasteiger partial charge in [-0.05, 0) is 29.8 Å². The third kappa shape index (κ3) is 5.09. The molecule has 0 saturated carbocycles. The first-order valence-electron chi connectivity index (χ1n) is 7.89. The summed E-state index contributed by atoms with van der Waals surface area (Å²) >= 11 is 5.84. The van der Waals surface area contributed by atoms with Crippen molar-refractivity contribution in [2.75, 3.05) is 6.61 Å². The summed E-state index contributed by atoms with van der Waals surface area (Å²) in [4.78, 5) is 16.4. The molecule has 0 spiro atoms. The number of rotatable bonds is 7. The Morgan fingerprint density at radius 3 is 2.60 bits per heavy atom. The molecule has 0 saturated heterocycles. The van der Waals surface area contributed by atoms with Crippen molar-refractivity contribution in [2.45, 2.75) is 12.6 Å². The topological polar surface area (TPSA) is 56.1 Å². The first kappa shape index (κ1) is 17.0. The molecule has 128 valence electrons. The van der Waals surface area contributed by atoms with Gasteiger partial charge in [0.2, 0.25) is 0 Å². The maximum atomic E-state index is 12.3. The Kier molecular flexibility index (Phi) is 5.69. The maximum Gasteiger partial charge on any atom is 0.258 e. The van der Waals surface area contributed by atoms with Gasteiger partial charge in [0.25, 0.3) is 5.91 Å². The van der Waals surface area contributed by atoms with Crippen LogP contribution in [0.1, 0.15) is 11.6 Å². The van der Waals surface area contributed by atoms with E-state index >= 15 is 0 Å². The molecule has 2 aromatic carbocycles. The summed E-state index contributed by atoms with van der Waals surface area (Å²) in [5.74, 6) is 0.411. The number of nitrogens with zero attached hydrogens (tertiary/aromatic N) is 2. The number of nitrogens with one attached hydrogen (secondary N) is 1. The summed E-state index contributed by atoms with van der Waals surface area (Å²) in [6.07, 6.45) is 5.31. The fraction of sp³-hybridized carbons (Fsp3) is 0.158. The second kappa shape index (κ2) is 8.35. The normalized spacial score (nSPS) is 11.7. The molecule has 6 heteroatoms. The van der Waals surface area contributed by atoms with Gasteiger partial charge in [-0.3, -0.25) is 4.79 Å². The van der Waals surface area contributed by atoms with Crippen LogP contribution in [0.4, 0.5) is 0 Å². The molecule has 3 rings (SSSR count). The molecule has 1 aromatic heterocycles. The van der Waals surface area contributed by atoms with Crippen molar-refractivity contribution in [1.29, 1.82) is 0 Å². The van der Waals surface area contributed by atoms with E-state index in [2.05, 4.69) is 10.3 Å². The Morgan fingerprint density at radius 2 is 1.92 bits per heavy atom. The highest BCUT2D eigenvalue weighted by atomic mass is 35.5. The number of imidazole rings is 1. The van der Waals surface area contributed by atoms with E-state index in [0.717, 1.165) is 5.56 Å². The fourth-order valence-electron chi connectivity index (χ4n) is 2.44.